The monoisotopic (exact) mass is 372 g/mol. The summed E-state index contributed by atoms with van der Waals surface area (Å²) in [7, 11) is 0. The van der Waals surface area contributed by atoms with Crippen molar-refractivity contribution in [2.24, 2.45) is 5.92 Å². The molecule has 0 unspecified atom stereocenters. The number of nitrogens with zero attached hydrogens (tertiary/aromatic N) is 1. The van der Waals surface area contributed by atoms with Crippen molar-refractivity contribution in [3.63, 3.8) is 0 Å². The van der Waals surface area contributed by atoms with Crippen LogP contribution in [0.4, 0.5) is 5.00 Å². The number of carbonyl (C=O) groups excluding carboxylic acids is 2. The minimum Gasteiger partial charge on any atom is -0.459 e. The number of hydrogen-bond acceptors (Lipinski definition) is 4. The van der Waals surface area contributed by atoms with E-state index in [0.717, 1.165) is 29.8 Å². The van der Waals surface area contributed by atoms with E-state index in [9.17, 15) is 9.59 Å². The Morgan fingerprint density at radius 3 is 2.77 bits per heavy atom. The first-order valence-electron chi connectivity index (χ1n) is 9.40. The molecule has 0 spiro atoms. The first-order valence-corrected chi connectivity index (χ1v) is 10.2. The number of anilines is 1. The van der Waals surface area contributed by atoms with Crippen molar-refractivity contribution in [1.29, 1.82) is 0 Å². The molecule has 6 heteroatoms. The Bertz CT molecular complexity index is 790. The molecule has 138 valence electrons. The standard InChI is InChI=1S/C20H24N2O3S/c1-13-12-17(21-19(23)16-9-5-11-25-16)26-18(13)20(24)22-10-4-8-15(22)14-6-2-3-7-14/h5,9,11-12,14-15H,2-4,6-8,10H2,1H3,(H,21,23)/t15-/m1/s1. The van der Waals surface area contributed by atoms with E-state index in [4.69, 9.17) is 4.42 Å². The molecule has 1 N–H and O–H groups in total. The van der Waals surface area contributed by atoms with Crippen molar-refractivity contribution in [1.82, 2.24) is 4.90 Å². The SMILES string of the molecule is Cc1cc(NC(=O)c2ccco2)sc1C(=O)N1CCC[C@@H]1C1CCCC1. The Labute approximate surface area is 157 Å². The molecule has 2 amide bonds. The summed E-state index contributed by atoms with van der Waals surface area (Å²) >= 11 is 1.36. The van der Waals surface area contributed by atoms with Gasteiger partial charge in [0.05, 0.1) is 16.1 Å². The van der Waals surface area contributed by atoms with Crippen LogP contribution in [0.1, 0.15) is 64.3 Å². The van der Waals surface area contributed by atoms with Crippen LogP contribution in [0.5, 0.6) is 0 Å². The molecule has 3 heterocycles. The summed E-state index contributed by atoms with van der Waals surface area (Å²) in [6.45, 7) is 2.79. The summed E-state index contributed by atoms with van der Waals surface area (Å²) in [4.78, 5) is 28.2. The molecule has 2 aliphatic rings. The summed E-state index contributed by atoms with van der Waals surface area (Å²) in [5, 5.41) is 3.52. The number of amides is 2. The molecule has 2 aromatic rings. The minimum absolute atomic E-state index is 0.125. The zero-order chi connectivity index (χ0) is 18.1. The number of likely N-dealkylation sites (tertiary alicyclic amines) is 1. The van der Waals surface area contributed by atoms with E-state index in [2.05, 4.69) is 10.2 Å². The highest BCUT2D eigenvalue weighted by molar-refractivity contribution is 7.18. The second-order valence-electron chi connectivity index (χ2n) is 7.31. The summed E-state index contributed by atoms with van der Waals surface area (Å²) in [5.74, 6) is 0.769. The average Bonchev–Trinajstić information content (AvgIpc) is 3.40. The van der Waals surface area contributed by atoms with E-state index in [0.29, 0.717) is 17.0 Å². The highest BCUT2D eigenvalue weighted by atomic mass is 32.1. The van der Waals surface area contributed by atoms with Crippen LogP contribution < -0.4 is 5.32 Å². The van der Waals surface area contributed by atoms with Crippen LogP contribution in [0.15, 0.2) is 28.9 Å². The lowest BCUT2D eigenvalue weighted by atomic mass is 9.96. The Hall–Kier alpha value is -2.08. The molecule has 1 aliphatic heterocycles. The number of carbonyl (C=O) groups is 2. The van der Waals surface area contributed by atoms with Gasteiger partial charge in [-0.1, -0.05) is 12.8 Å². The number of furan rings is 1. The first kappa shape index (κ1) is 17.3. The lowest BCUT2D eigenvalue weighted by Gasteiger charge is -2.29. The fraction of sp³-hybridized carbons (Fsp3) is 0.500. The average molecular weight is 372 g/mol. The summed E-state index contributed by atoms with van der Waals surface area (Å²) < 4.78 is 5.12. The smallest absolute Gasteiger partial charge is 0.291 e. The van der Waals surface area contributed by atoms with Crippen molar-refractivity contribution in [2.75, 3.05) is 11.9 Å². The van der Waals surface area contributed by atoms with Gasteiger partial charge in [-0.25, -0.2) is 0 Å². The van der Waals surface area contributed by atoms with Gasteiger partial charge in [0, 0.05) is 12.6 Å². The topological polar surface area (TPSA) is 62.6 Å². The van der Waals surface area contributed by atoms with E-state index < -0.39 is 0 Å². The van der Waals surface area contributed by atoms with Gasteiger partial charge in [-0.05, 0) is 62.3 Å². The van der Waals surface area contributed by atoms with Gasteiger partial charge in [0.1, 0.15) is 0 Å². The molecule has 26 heavy (non-hydrogen) atoms. The van der Waals surface area contributed by atoms with Gasteiger partial charge in [0.25, 0.3) is 11.8 Å². The summed E-state index contributed by atoms with van der Waals surface area (Å²) in [6.07, 6.45) is 8.79. The number of rotatable bonds is 4. The normalized spacial score (nSPS) is 20.7. The van der Waals surface area contributed by atoms with Crippen LogP contribution >= 0.6 is 11.3 Å². The third-order valence-corrected chi connectivity index (χ3v) is 6.74. The molecule has 2 fully saturated rings. The van der Waals surface area contributed by atoms with Gasteiger partial charge >= 0.3 is 0 Å². The van der Waals surface area contributed by atoms with Crippen molar-refractivity contribution in [3.05, 3.63) is 40.7 Å². The molecule has 4 rings (SSSR count). The molecule has 0 bridgehead atoms. The van der Waals surface area contributed by atoms with E-state index >= 15 is 0 Å². The Balaban J connectivity index is 1.49. The Morgan fingerprint density at radius 1 is 1.23 bits per heavy atom. The summed E-state index contributed by atoms with van der Waals surface area (Å²) in [6, 6.07) is 5.57. The number of hydrogen-bond donors (Lipinski definition) is 1. The number of aryl methyl sites for hydroxylation is 1. The maximum absolute atomic E-state index is 13.2. The van der Waals surface area contributed by atoms with Crippen LogP contribution in [-0.2, 0) is 0 Å². The second-order valence-corrected chi connectivity index (χ2v) is 8.36. The highest BCUT2D eigenvalue weighted by Gasteiger charge is 2.37. The quantitative estimate of drug-likeness (QED) is 0.846. The highest BCUT2D eigenvalue weighted by Crippen LogP contribution is 2.37. The van der Waals surface area contributed by atoms with E-state index in [1.807, 2.05) is 13.0 Å². The van der Waals surface area contributed by atoms with E-state index in [1.54, 1.807) is 12.1 Å². The van der Waals surface area contributed by atoms with Crippen molar-refractivity contribution >= 4 is 28.2 Å². The Kier molecular flexibility index (Phi) is 4.85. The van der Waals surface area contributed by atoms with Crippen LogP contribution in [0.3, 0.4) is 0 Å². The van der Waals surface area contributed by atoms with E-state index in [-0.39, 0.29) is 17.6 Å². The zero-order valence-electron chi connectivity index (χ0n) is 15.0. The number of thiophene rings is 1. The largest absolute Gasteiger partial charge is 0.459 e. The predicted octanol–water partition coefficient (Wildman–Crippen LogP) is 4.70. The minimum atomic E-state index is -0.291. The second kappa shape index (κ2) is 7.27. The lowest BCUT2D eigenvalue weighted by Crippen LogP contribution is -2.39. The van der Waals surface area contributed by atoms with Crippen LogP contribution in [0, 0.1) is 12.8 Å². The lowest BCUT2D eigenvalue weighted by molar-refractivity contribution is 0.0693. The maximum atomic E-state index is 13.2. The zero-order valence-corrected chi connectivity index (χ0v) is 15.8. The van der Waals surface area contributed by atoms with Gasteiger partial charge in [0.15, 0.2) is 5.76 Å². The Morgan fingerprint density at radius 2 is 2.04 bits per heavy atom. The maximum Gasteiger partial charge on any atom is 0.291 e. The molecule has 1 saturated heterocycles. The van der Waals surface area contributed by atoms with Crippen molar-refractivity contribution in [2.45, 2.75) is 51.5 Å². The van der Waals surface area contributed by atoms with Crippen LogP contribution in [0.25, 0.3) is 0 Å². The van der Waals surface area contributed by atoms with Gasteiger partial charge < -0.3 is 14.6 Å². The predicted molar refractivity (Wildman–Crippen MR) is 102 cm³/mol. The molecular weight excluding hydrogens is 348 g/mol. The number of nitrogens with one attached hydrogen (secondary N) is 1. The fourth-order valence-corrected chi connectivity index (χ4v) is 5.37. The third kappa shape index (κ3) is 3.30. The molecule has 1 atom stereocenters. The van der Waals surface area contributed by atoms with Crippen LogP contribution in [0.2, 0.25) is 0 Å². The van der Waals surface area contributed by atoms with E-state index in [1.165, 1.54) is 43.3 Å². The molecule has 2 aromatic heterocycles. The molecular formula is C20H24N2O3S. The van der Waals surface area contributed by atoms with Gasteiger partial charge in [0.2, 0.25) is 0 Å². The fourth-order valence-electron chi connectivity index (χ4n) is 4.34. The molecule has 1 aliphatic carbocycles. The first-order chi connectivity index (χ1) is 12.6. The van der Waals surface area contributed by atoms with Crippen LogP contribution in [-0.4, -0.2) is 29.3 Å². The van der Waals surface area contributed by atoms with Gasteiger partial charge in [-0.15, -0.1) is 11.3 Å². The molecule has 1 saturated carbocycles. The third-order valence-electron chi connectivity index (χ3n) is 5.60. The molecule has 0 aromatic carbocycles. The van der Waals surface area contributed by atoms with Gasteiger partial charge in [-0.2, -0.15) is 0 Å². The van der Waals surface area contributed by atoms with Crippen molar-refractivity contribution in [3.8, 4) is 0 Å². The summed E-state index contributed by atoms with van der Waals surface area (Å²) in [5.41, 5.74) is 0.923. The van der Waals surface area contributed by atoms with Gasteiger partial charge in [-0.3, -0.25) is 9.59 Å². The molecule has 0 radical (unpaired) electrons. The molecule has 5 nitrogen and oxygen atoms in total. The van der Waals surface area contributed by atoms with Crippen molar-refractivity contribution < 1.29 is 14.0 Å².